The summed E-state index contributed by atoms with van der Waals surface area (Å²) in [5.74, 6) is 1.96. The fourth-order valence-electron chi connectivity index (χ4n) is 3.95. The van der Waals surface area contributed by atoms with Crippen molar-refractivity contribution in [3.8, 4) is 11.5 Å². The van der Waals surface area contributed by atoms with Gasteiger partial charge in [-0.15, -0.1) is 12.4 Å². The van der Waals surface area contributed by atoms with Gasteiger partial charge in [0.15, 0.2) is 11.5 Å². The van der Waals surface area contributed by atoms with E-state index in [1.54, 1.807) is 20.4 Å². The van der Waals surface area contributed by atoms with Crippen LogP contribution in [0.5, 0.6) is 11.5 Å². The third-order valence-corrected chi connectivity index (χ3v) is 5.44. The first-order valence-corrected chi connectivity index (χ1v) is 9.85. The Morgan fingerprint density at radius 1 is 1.10 bits per heavy atom. The molecule has 160 valence electrons. The number of amides is 1. The number of pyridine rings is 1. The van der Waals surface area contributed by atoms with Crippen LogP contribution in [0.3, 0.4) is 0 Å². The maximum absolute atomic E-state index is 13.1. The summed E-state index contributed by atoms with van der Waals surface area (Å²) in [5, 5.41) is 4.23. The van der Waals surface area contributed by atoms with Crippen molar-refractivity contribution in [1.29, 1.82) is 0 Å². The minimum Gasteiger partial charge on any atom is -0.493 e. The molecular weight excluding hydrogens is 404 g/mol. The molecule has 1 aliphatic heterocycles. The van der Waals surface area contributed by atoms with Gasteiger partial charge in [-0.3, -0.25) is 4.79 Å². The number of hydrogen-bond donors (Lipinski definition) is 1. The van der Waals surface area contributed by atoms with Crippen molar-refractivity contribution in [2.45, 2.75) is 19.3 Å². The highest BCUT2D eigenvalue weighted by Crippen LogP contribution is 2.37. The Bertz CT molecular complexity index is 1040. The van der Waals surface area contributed by atoms with E-state index in [2.05, 4.69) is 10.3 Å². The Balaban J connectivity index is 0.00000256. The van der Waals surface area contributed by atoms with E-state index < -0.39 is 0 Å². The van der Waals surface area contributed by atoms with E-state index in [-0.39, 0.29) is 18.3 Å². The number of carbonyl (C=O) groups excluding carboxylic acids is 1. The molecule has 3 heterocycles. The molecule has 1 aromatic carbocycles. The minimum atomic E-state index is 0. The van der Waals surface area contributed by atoms with Crippen LogP contribution in [0.1, 0.15) is 29.6 Å². The van der Waals surface area contributed by atoms with Gasteiger partial charge < -0.3 is 24.3 Å². The molecule has 1 N–H and O–H groups in total. The van der Waals surface area contributed by atoms with E-state index in [9.17, 15) is 4.79 Å². The number of piperidine rings is 1. The Hall–Kier alpha value is -2.93. The molecule has 1 amide bonds. The summed E-state index contributed by atoms with van der Waals surface area (Å²) in [7, 11) is 5.16. The number of halogens is 1. The second kappa shape index (κ2) is 9.26. The number of methoxy groups -OCH3 is 2. The van der Waals surface area contributed by atoms with E-state index in [0.29, 0.717) is 22.9 Å². The van der Waals surface area contributed by atoms with Crippen LogP contribution in [0.15, 0.2) is 36.7 Å². The smallest absolute Gasteiger partial charge is 0.257 e. The van der Waals surface area contributed by atoms with Gasteiger partial charge in [0, 0.05) is 37.9 Å². The van der Waals surface area contributed by atoms with Crippen molar-refractivity contribution in [3.05, 3.63) is 42.2 Å². The minimum absolute atomic E-state index is 0. The quantitative estimate of drug-likeness (QED) is 0.650. The molecule has 0 aliphatic carbocycles. The van der Waals surface area contributed by atoms with Crippen molar-refractivity contribution < 1.29 is 14.3 Å². The lowest BCUT2D eigenvalue weighted by Gasteiger charge is -2.27. The van der Waals surface area contributed by atoms with Crippen LogP contribution < -0.4 is 14.8 Å². The first kappa shape index (κ1) is 21.8. The van der Waals surface area contributed by atoms with Crippen LogP contribution in [-0.2, 0) is 7.05 Å². The molecule has 0 unspecified atom stereocenters. The zero-order valence-corrected chi connectivity index (χ0v) is 18.3. The van der Waals surface area contributed by atoms with Crippen LogP contribution in [-0.4, -0.2) is 47.7 Å². The molecule has 3 aromatic rings. The molecule has 4 rings (SSSR count). The zero-order valence-electron chi connectivity index (χ0n) is 17.5. The number of ether oxygens (including phenoxy) is 2. The fraction of sp³-hybridized carbons (Fsp3) is 0.364. The molecule has 0 bridgehead atoms. The van der Waals surface area contributed by atoms with Crippen LogP contribution in [0.25, 0.3) is 10.9 Å². The molecule has 8 heteroatoms. The average Bonchev–Trinajstić information content (AvgIpc) is 3.16. The topological polar surface area (TPSA) is 68.6 Å². The van der Waals surface area contributed by atoms with Crippen molar-refractivity contribution in [2.24, 2.45) is 7.05 Å². The number of hydrogen-bond acceptors (Lipinski definition) is 5. The SMILES string of the molecule is COc1cccc(Nc2ncc(C(=O)N3CCCCC3)c3c2ccn3C)c1OC.Cl. The Labute approximate surface area is 182 Å². The van der Waals surface area contributed by atoms with Gasteiger partial charge in [-0.2, -0.15) is 0 Å². The van der Waals surface area contributed by atoms with Gasteiger partial charge in [-0.05, 0) is 37.5 Å². The lowest BCUT2D eigenvalue weighted by atomic mass is 10.1. The molecule has 1 fully saturated rings. The molecule has 0 spiro atoms. The highest BCUT2D eigenvalue weighted by molar-refractivity contribution is 6.08. The van der Waals surface area contributed by atoms with Crippen LogP contribution in [0.2, 0.25) is 0 Å². The third kappa shape index (κ3) is 3.89. The maximum Gasteiger partial charge on any atom is 0.257 e. The molecule has 2 aromatic heterocycles. The normalized spacial score (nSPS) is 13.6. The molecule has 7 nitrogen and oxygen atoms in total. The predicted molar refractivity (Wildman–Crippen MR) is 121 cm³/mol. The molecule has 1 saturated heterocycles. The Morgan fingerprint density at radius 3 is 2.57 bits per heavy atom. The molecule has 0 radical (unpaired) electrons. The van der Waals surface area contributed by atoms with E-state index in [0.717, 1.165) is 42.5 Å². The number of benzene rings is 1. The standard InChI is InChI=1S/C22H26N4O3.ClH/c1-25-13-10-15-19(25)16(22(27)26-11-5-4-6-12-26)14-23-21(15)24-17-8-7-9-18(28-2)20(17)29-3;/h7-10,13-14H,4-6,11-12H2,1-3H3,(H,23,24);1H. The summed E-state index contributed by atoms with van der Waals surface area (Å²) in [6, 6.07) is 7.62. The summed E-state index contributed by atoms with van der Waals surface area (Å²) in [4.78, 5) is 19.7. The summed E-state index contributed by atoms with van der Waals surface area (Å²) in [6.45, 7) is 1.62. The summed E-state index contributed by atoms with van der Waals surface area (Å²) in [6.07, 6.45) is 6.93. The highest BCUT2D eigenvalue weighted by atomic mass is 35.5. The van der Waals surface area contributed by atoms with E-state index in [1.807, 2.05) is 47.0 Å². The van der Waals surface area contributed by atoms with Gasteiger partial charge in [0.2, 0.25) is 0 Å². The first-order valence-electron chi connectivity index (χ1n) is 9.85. The van der Waals surface area contributed by atoms with Gasteiger partial charge in [-0.25, -0.2) is 4.98 Å². The number of fused-ring (bicyclic) bond motifs is 1. The summed E-state index contributed by atoms with van der Waals surface area (Å²) in [5.41, 5.74) is 2.26. The van der Waals surface area contributed by atoms with Gasteiger partial charge >= 0.3 is 0 Å². The lowest BCUT2D eigenvalue weighted by molar-refractivity contribution is 0.0725. The molecule has 0 atom stereocenters. The number of para-hydroxylation sites is 1. The average molecular weight is 431 g/mol. The number of nitrogens with zero attached hydrogens (tertiary/aromatic N) is 3. The highest BCUT2D eigenvalue weighted by Gasteiger charge is 2.23. The Morgan fingerprint density at radius 2 is 1.87 bits per heavy atom. The molecular formula is C22H27ClN4O3. The van der Waals surface area contributed by atoms with Crippen molar-refractivity contribution >= 4 is 40.7 Å². The zero-order chi connectivity index (χ0) is 20.4. The van der Waals surface area contributed by atoms with Gasteiger partial charge in [0.1, 0.15) is 5.82 Å². The van der Waals surface area contributed by atoms with Gasteiger partial charge in [0.05, 0.1) is 31.0 Å². The van der Waals surface area contributed by atoms with Crippen molar-refractivity contribution in [2.75, 3.05) is 32.6 Å². The number of aryl methyl sites for hydroxylation is 1. The van der Waals surface area contributed by atoms with Crippen LogP contribution in [0.4, 0.5) is 11.5 Å². The number of likely N-dealkylation sites (tertiary alicyclic amines) is 1. The number of aromatic nitrogens is 2. The number of rotatable bonds is 5. The van der Waals surface area contributed by atoms with Gasteiger partial charge in [-0.1, -0.05) is 6.07 Å². The monoisotopic (exact) mass is 430 g/mol. The summed E-state index contributed by atoms with van der Waals surface area (Å²) >= 11 is 0. The molecule has 30 heavy (non-hydrogen) atoms. The van der Waals surface area contributed by atoms with Crippen molar-refractivity contribution in [3.63, 3.8) is 0 Å². The third-order valence-electron chi connectivity index (χ3n) is 5.44. The first-order chi connectivity index (χ1) is 14.1. The van der Waals surface area contributed by atoms with Crippen molar-refractivity contribution in [1.82, 2.24) is 14.5 Å². The number of anilines is 2. The van der Waals surface area contributed by atoms with Crippen LogP contribution >= 0.6 is 12.4 Å². The van der Waals surface area contributed by atoms with E-state index >= 15 is 0 Å². The maximum atomic E-state index is 13.1. The van der Waals surface area contributed by atoms with Crippen LogP contribution in [0, 0.1) is 0 Å². The lowest BCUT2D eigenvalue weighted by Crippen LogP contribution is -2.35. The van der Waals surface area contributed by atoms with E-state index in [4.69, 9.17) is 9.47 Å². The molecule has 0 saturated carbocycles. The summed E-state index contributed by atoms with van der Waals surface area (Å²) < 4.78 is 12.9. The second-order valence-corrected chi connectivity index (χ2v) is 7.23. The number of carbonyl (C=O) groups is 1. The van der Waals surface area contributed by atoms with E-state index in [1.165, 1.54) is 6.42 Å². The predicted octanol–water partition coefficient (Wildman–Crippen LogP) is 4.38. The fourth-order valence-corrected chi connectivity index (χ4v) is 3.95. The number of nitrogens with one attached hydrogen (secondary N) is 1. The second-order valence-electron chi connectivity index (χ2n) is 7.23. The molecule has 1 aliphatic rings. The Kier molecular flexibility index (Phi) is 6.72. The largest absolute Gasteiger partial charge is 0.493 e. The van der Waals surface area contributed by atoms with Gasteiger partial charge in [0.25, 0.3) is 5.91 Å².